The van der Waals surface area contributed by atoms with Crippen LogP contribution in [0.3, 0.4) is 0 Å². The van der Waals surface area contributed by atoms with Crippen molar-refractivity contribution in [3.05, 3.63) is 0 Å². The molecule has 0 amide bonds. The fraction of sp³-hybridized carbons (Fsp3) is 1.00. The molecule has 1 unspecified atom stereocenters. The van der Waals surface area contributed by atoms with Crippen LogP contribution in [0.15, 0.2) is 0 Å². The lowest BCUT2D eigenvalue weighted by atomic mass is 10.2. The standard InChI is InChI=1S/C9H20OSSi/c1-9(2,3)12(4,5)10-6-8-7-11-8/h8H,6-7H2,1-5H3. The molecule has 3 heteroatoms. The van der Waals surface area contributed by atoms with Crippen LogP contribution in [0.5, 0.6) is 0 Å². The summed E-state index contributed by atoms with van der Waals surface area (Å²) >= 11 is 2.02. The van der Waals surface area contributed by atoms with Crippen molar-refractivity contribution in [1.82, 2.24) is 0 Å². The fourth-order valence-electron chi connectivity index (χ4n) is 0.682. The zero-order valence-corrected chi connectivity index (χ0v) is 10.6. The first-order valence-electron chi connectivity index (χ1n) is 4.58. The van der Waals surface area contributed by atoms with Gasteiger partial charge < -0.3 is 4.43 Å². The molecule has 0 N–H and O–H groups in total. The summed E-state index contributed by atoms with van der Waals surface area (Å²) in [6.45, 7) is 12.5. The molecule has 0 aliphatic carbocycles. The first-order chi connectivity index (χ1) is 5.33. The van der Waals surface area contributed by atoms with Gasteiger partial charge in [-0.3, -0.25) is 0 Å². The van der Waals surface area contributed by atoms with E-state index in [1.807, 2.05) is 11.8 Å². The maximum Gasteiger partial charge on any atom is 0.192 e. The molecule has 0 bridgehead atoms. The molecule has 72 valence electrons. The topological polar surface area (TPSA) is 9.23 Å². The van der Waals surface area contributed by atoms with Crippen LogP contribution in [-0.4, -0.2) is 25.9 Å². The lowest BCUT2D eigenvalue weighted by molar-refractivity contribution is 0.299. The molecule has 1 atom stereocenters. The summed E-state index contributed by atoms with van der Waals surface area (Å²) in [5.41, 5.74) is 0. The second kappa shape index (κ2) is 3.35. The molecular weight excluding hydrogens is 184 g/mol. The Kier molecular flexibility index (Phi) is 2.96. The van der Waals surface area contributed by atoms with Crippen LogP contribution in [0, 0.1) is 0 Å². The van der Waals surface area contributed by atoms with Gasteiger partial charge in [-0.15, -0.1) is 0 Å². The Morgan fingerprint density at radius 2 is 1.92 bits per heavy atom. The molecule has 0 aromatic carbocycles. The summed E-state index contributed by atoms with van der Waals surface area (Å²) in [5, 5.41) is 1.19. The fourth-order valence-corrected chi connectivity index (χ4v) is 2.25. The second-order valence-corrected chi connectivity index (χ2v) is 11.2. The Bertz CT molecular complexity index is 158. The maximum absolute atomic E-state index is 6.04. The average molecular weight is 204 g/mol. The van der Waals surface area contributed by atoms with Crippen LogP contribution in [-0.2, 0) is 4.43 Å². The highest BCUT2D eigenvalue weighted by Gasteiger charge is 2.38. The molecule has 0 radical (unpaired) electrons. The zero-order valence-electron chi connectivity index (χ0n) is 8.81. The molecule has 0 aromatic heterocycles. The first-order valence-corrected chi connectivity index (χ1v) is 8.54. The molecule has 0 aromatic rings. The van der Waals surface area contributed by atoms with E-state index >= 15 is 0 Å². The van der Waals surface area contributed by atoms with Crippen molar-refractivity contribution in [2.75, 3.05) is 12.4 Å². The van der Waals surface area contributed by atoms with Gasteiger partial charge >= 0.3 is 0 Å². The van der Waals surface area contributed by atoms with Gasteiger partial charge in [-0.05, 0) is 18.1 Å². The normalized spacial score (nSPS) is 24.2. The Morgan fingerprint density at radius 1 is 1.42 bits per heavy atom. The third-order valence-electron chi connectivity index (χ3n) is 2.84. The minimum atomic E-state index is -1.44. The van der Waals surface area contributed by atoms with Crippen LogP contribution in [0.2, 0.25) is 18.1 Å². The summed E-state index contributed by atoms with van der Waals surface area (Å²) in [6.07, 6.45) is 0. The molecular formula is C9H20OSSi. The zero-order chi connectivity index (χ0) is 9.41. The van der Waals surface area contributed by atoms with Gasteiger partial charge in [-0.2, -0.15) is 11.8 Å². The van der Waals surface area contributed by atoms with E-state index in [9.17, 15) is 0 Å². The molecule has 0 spiro atoms. The quantitative estimate of drug-likeness (QED) is 0.516. The van der Waals surface area contributed by atoms with E-state index in [2.05, 4.69) is 33.9 Å². The highest BCUT2D eigenvalue weighted by Crippen LogP contribution is 2.38. The predicted octanol–water partition coefficient (Wildman–Crippen LogP) is 3.12. The van der Waals surface area contributed by atoms with Gasteiger partial charge in [0.2, 0.25) is 0 Å². The SMILES string of the molecule is CC(C)(C)[Si](C)(C)OCC1CS1. The van der Waals surface area contributed by atoms with Crippen LogP contribution < -0.4 is 0 Å². The number of thioether (sulfide) groups is 1. The maximum atomic E-state index is 6.04. The second-order valence-electron chi connectivity index (χ2n) is 5.03. The van der Waals surface area contributed by atoms with Crippen molar-refractivity contribution < 1.29 is 4.43 Å². The molecule has 1 fully saturated rings. The summed E-state index contributed by atoms with van der Waals surface area (Å²) < 4.78 is 6.04. The van der Waals surface area contributed by atoms with Crippen LogP contribution in [0.1, 0.15) is 20.8 Å². The Hall–Kier alpha value is 0.527. The van der Waals surface area contributed by atoms with Gasteiger partial charge in [0.15, 0.2) is 8.32 Å². The van der Waals surface area contributed by atoms with E-state index < -0.39 is 8.32 Å². The molecule has 1 nitrogen and oxygen atoms in total. The Labute approximate surface area is 81.4 Å². The summed E-state index contributed by atoms with van der Waals surface area (Å²) in [7, 11) is -1.44. The third-order valence-corrected chi connectivity index (χ3v) is 8.28. The van der Waals surface area contributed by atoms with E-state index in [1.165, 1.54) is 5.75 Å². The smallest absolute Gasteiger partial charge is 0.192 e. The van der Waals surface area contributed by atoms with Gasteiger partial charge in [0.05, 0.1) is 0 Å². The molecule has 12 heavy (non-hydrogen) atoms. The van der Waals surface area contributed by atoms with Crippen molar-refractivity contribution in [1.29, 1.82) is 0 Å². The van der Waals surface area contributed by atoms with E-state index in [0.29, 0.717) is 5.04 Å². The Balaban J connectivity index is 2.35. The van der Waals surface area contributed by atoms with E-state index in [1.54, 1.807) is 0 Å². The molecule has 1 heterocycles. The molecule has 1 rings (SSSR count). The van der Waals surface area contributed by atoms with Crippen molar-refractivity contribution in [3.63, 3.8) is 0 Å². The lowest BCUT2D eigenvalue weighted by Gasteiger charge is -2.36. The molecule has 1 aliphatic rings. The Morgan fingerprint density at radius 3 is 2.25 bits per heavy atom. The molecule has 1 aliphatic heterocycles. The minimum Gasteiger partial charge on any atom is -0.416 e. The van der Waals surface area contributed by atoms with E-state index in [0.717, 1.165) is 11.9 Å². The summed E-state index contributed by atoms with van der Waals surface area (Å²) in [6, 6.07) is 0. The van der Waals surface area contributed by atoms with Crippen LogP contribution in [0.25, 0.3) is 0 Å². The summed E-state index contributed by atoms with van der Waals surface area (Å²) in [4.78, 5) is 0. The van der Waals surface area contributed by atoms with Crippen molar-refractivity contribution in [2.45, 2.75) is 44.2 Å². The summed E-state index contributed by atoms with van der Waals surface area (Å²) in [5.74, 6) is 1.31. The van der Waals surface area contributed by atoms with Crippen molar-refractivity contribution in [2.24, 2.45) is 0 Å². The number of hydrogen-bond acceptors (Lipinski definition) is 2. The lowest BCUT2D eigenvalue weighted by Crippen LogP contribution is -2.41. The van der Waals surface area contributed by atoms with Gasteiger partial charge in [-0.1, -0.05) is 20.8 Å². The van der Waals surface area contributed by atoms with Crippen molar-refractivity contribution in [3.8, 4) is 0 Å². The average Bonchev–Trinajstić information content (AvgIpc) is 2.62. The monoisotopic (exact) mass is 204 g/mol. The number of rotatable bonds is 3. The van der Waals surface area contributed by atoms with Crippen molar-refractivity contribution >= 4 is 20.1 Å². The van der Waals surface area contributed by atoms with Crippen LogP contribution in [0.4, 0.5) is 0 Å². The van der Waals surface area contributed by atoms with E-state index in [4.69, 9.17) is 4.43 Å². The van der Waals surface area contributed by atoms with E-state index in [-0.39, 0.29) is 0 Å². The highest BCUT2D eigenvalue weighted by molar-refractivity contribution is 8.06. The molecule has 0 saturated carbocycles. The minimum absolute atomic E-state index is 0.368. The molecule has 1 saturated heterocycles. The van der Waals surface area contributed by atoms with Gasteiger partial charge in [-0.25, -0.2) is 0 Å². The largest absolute Gasteiger partial charge is 0.416 e. The first kappa shape index (κ1) is 10.6. The predicted molar refractivity (Wildman–Crippen MR) is 59.4 cm³/mol. The van der Waals surface area contributed by atoms with Gasteiger partial charge in [0.25, 0.3) is 0 Å². The van der Waals surface area contributed by atoms with Gasteiger partial charge in [0, 0.05) is 17.6 Å². The number of hydrogen-bond donors (Lipinski definition) is 0. The highest BCUT2D eigenvalue weighted by atomic mass is 32.2. The van der Waals surface area contributed by atoms with Gasteiger partial charge in [0.1, 0.15) is 0 Å². The third kappa shape index (κ3) is 2.78. The van der Waals surface area contributed by atoms with Crippen LogP contribution >= 0.6 is 11.8 Å².